The van der Waals surface area contributed by atoms with Gasteiger partial charge >= 0.3 is 0 Å². The molecule has 0 bridgehead atoms. The second-order valence-electron chi connectivity index (χ2n) is 16.7. The molecule has 10 aromatic carbocycles. The monoisotopic (exact) mass is 736 g/mol. The molecule has 2 aliphatic carbocycles. The van der Waals surface area contributed by atoms with Gasteiger partial charge in [0.2, 0.25) is 0 Å². The van der Waals surface area contributed by atoms with E-state index in [1.807, 2.05) is 0 Å². The summed E-state index contributed by atoms with van der Waals surface area (Å²) >= 11 is 0. The molecule has 0 saturated heterocycles. The molecule has 0 amide bonds. The van der Waals surface area contributed by atoms with Gasteiger partial charge < -0.3 is 0 Å². The number of fused-ring (bicyclic) bond motifs is 10. The quantitative estimate of drug-likeness (QED) is 0.158. The number of benzene rings is 10. The molecule has 2 aliphatic rings. The molecular formula is C58H40. The van der Waals surface area contributed by atoms with E-state index in [1.165, 1.54) is 110 Å². The van der Waals surface area contributed by atoms with Crippen LogP contribution in [0, 0.1) is 0 Å². The van der Waals surface area contributed by atoms with Gasteiger partial charge in [0, 0.05) is 5.41 Å². The van der Waals surface area contributed by atoms with Gasteiger partial charge in [0.15, 0.2) is 0 Å². The Kier molecular flexibility index (Phi) is 7.00. The minimum atomic E-state index is -0.469. The third kappa shape index (κ3) is 4.35. The summed E-state index contributed by atoms with van der Waals surface area (Å²) in [6.45, 7) is 4.79. The van der Waals surface area contributed by atoms with Crippen molar-refractivity contribution < 1.29 is 0 Å². The van der Waals surface area contributed by atoms with Gasteiger partial charge in [0.05, 0.1) is 5.41 Å². The number of rotatable bonds is 4. The van der Waals surface area contributed by atoms with Gasteiger partial charge in [-0.2, -0.15) is 0 Å². The minimum absolute atomic E-state index is 0.123. The highest BCUT2D eigenvalue weighted by Crippen LogP contribution is 2.58. The summed E-state index contributed by atoms with van der Waals surface area (Å²) in [7, 11) is 0. The lowest BCUT2D eigenvalue weighted by Crippen LogP contribution is -2.28. The molecule has 58 heavy (non-hydrogen) atoms. The van der Waals surface area contributed by atoms with E-state index in [4.69, 9.17) is 0 Å². The van der Waals surface area contributed by atoms with Crippen LogP contribution in [0.15, 0.2) is 206 Å². The summed E-state index contributed by atoms with van der Waals surface area (Å²) < 4.78 is 0. The lowest BCUT2D eigenvalue weighted by molar-refractivity contribution is 0.661. The molecule has 0 radical (unpaired) electrons. The first-order valence-electron chi connectivity index (χ1n) is 20.5. The molecular weight excluding hydrogens is 697 g/mol. The van der Waals surface area contributed by atoms with Crippen molar-refractivity contribution in [3.63, 3.8) is 0 Å². The van der Waals surface area contributed by atoms with Crippen molar-refractivity contribution in [1.29, 1.82) is 0 Å². The van der Waals surface area contributed by atoms with Crippen molar-refractivity contribution in [2.75, 3.05) is 0 Å². The maximum absolute atomic E-state index is 2.53. The molecule has 0 N–H and O–H groups in total. The third-order valence-electron chi connectivity index (χ3n) is 13.5. The Morgan fingerprint density at radius 3 is 1.33 bits per heavy atom. The average Bonchev–Trinajstić information content (AvgIpc) is 3.71. The molecule has 0 fully saturated rings. The predicted molar refractivity (Wildman–Crippen MR) is 245 cm³/mol. The van der Waals surface area contributed by atoms with E-state index in [0.29, 0.717) is 0 Å². The van der Waals surface area contributed by atoms with Crippen LogP contribution in [0.2, 0.25) is 0 Å². The van der Waals surface area contributed by atoms with Crippen LogP contribution in [0.1, 0.15) is 47.2 Å². The van der Waals surface area contributed by atoms with Crippen molar-refractivity contribution in [3.05, 3.63) is 240 Å². The first kappa shape index (κ1) is 33.2. The highest BCUT2D eigenvalue weighted by molar-refractivity contribution is 6.24. The zero-order chi connectivity index (χ0) is 38.6. The summed E-state index contributed by atoms with van der Waals surface area (Å²) in [6, 6.07) is 77.5. The Morgan fingerprint density at radius 1 is 0.276 bits per heavy atom. The first-order valence-corrected chi connectivity index (χ1v) is 20.5. The van der Waals surface area contributed by atoms with Crippen molar-refractivity contribution in [2.45, 2.75) is 24.7 Å². The maximum atomic E-state index is 2.53. The molecule has 10 aromatic rings. The maximum Gasteiger partial charge on any atom is 0.0713 e. The lowest BCUT2D eigenvalue weighted by atomic mass is 9.67. The summed E-state index contributed by atoms with van der Waals surface area (Å²) in [6.07, 6.45) is 0. The molecule has 272 valence electrons. The van der Waals surface area contributed by atoms with Crippen LogP contribution in [0.4, 0.5) is 0 Å². The second-order valence-corrected chi connectivity index (χ2v) is 16.7. The Balaban J connectivity index is 1.17. The SMILES string of the molecule is CC1(C)c2ccccc2-c2c1cc(-c1c3ccccc3c(-c3ccc4c(c3)C(c3ccccc3)(c3ccccc3)c3ccccc3-4)c3ccccc13)c1ccccc21. The van der Waals surface area contributed by atoms with E-state index in [1.54, 1.807) is 0 Å². The van der Waals surface area contributed by atoms with Crippen LogP contribution in [0.5, 0.6) is 0 Å². The summed E-state index contributed by atoms with van der Waals surface area (Å²) in [5.74, 6) is 0. The molecule has 0 unspecified atom stereocenters. The molecule has 0 nitrogen and oxygen atoms in total. The molecule has 12 rings (SSSR count). The van der Waals surface area contributed by atoms with E-state index in [-0.39, 0.29) is 5.41 Å². The van der Waals surface area contributed by atoms with E-state index < -0.39 is 5.41 Å². The van der Waals surface area contributed by atoms with Crippen LogP contribution in [0.25, 0.3) is 76.8 Å². The van der Waals surface area contributed by atoms with Gasteiger partial charge in [0.25, 0.3) is 0 Å². The predicted octanol–water partition coefficient (Wildman–Crippen LogP) is 15.1. The fourth-order valence-corrected chi connectivity index (χ4v) is 11.1. The van der Waals surface area contributed by atoms with Crippen molar-refractivity contribution >= 4 is 32.3 Å². The second kappa shape index (κ2) is 12.2. The number of hydrogen-bond donors (Lipinski definition) is 0. The largest absolute Gasteiger partial charge is 0.0713 e. The van der Waals surface area contributed by atoms with Crippen LogP contribution in [0.3, 0.4) is 0 Å². The fourth-order valence-electron chi connectivity index (χ4n) is 11.1. The van der Waals surface area contributed by atoms with Crippen molar-refractivity contribution in [1.82, 2.24) is 0 Å². The molecule has 0 aliphatic heterocycles. The van der Waals surface area contributed by atoms with E-state index >= 15 is 0 Å². The smallest absolute Gasteiger partial charge is 0.0622 e. The van der Waals surface area contributed by atoms with Crippen LogP contribution in [-0.4, -0.2) is 0 Å². The molecule has 0 spiro atoms. The first-order chi connectivity index (χ1) is 28.6. The normalized spacial score (nSPS) is 14.3. The van der Waals surface area contributed by atoms with Gasteiger partial charge in [-0.1, -0.05) is 208 Å². The molecule has 0 aromatic heterocycles. The molecule has 0 atom stereocenters. The Morgan fingerprint density at radius 2 is 0.724 bits per heavy atom. The van der Waals surface area contributed by atoms with Gasteiger partial charge in [-0.05, 0) is 122 Å². The highest BCUT2D eigenvalue weighted by Gasteiger charge is 2.46. The standard InChI is InChI=1S/C58H40/c1-57(2)50-31-17-16-30-48(50)56-43-25-10-9-23-40(43)49(36-53(56)57)55-46-28-13-11-26-44(46)54(45-27-12-14-29-47(45)55)37-33-34-42-41-24-15-18-32-51(41)58(52(42)35-37,38-19-5-3-6-20-38)39-21-7-4-8-22-39/h3-36H,1-2H3. The molecule has 0 heterocycles. The lowest BCUT2D eigenvalue weighted by Gasteiger charge is -2.34. The Hall–Kier alpha value is -7.02. The van der Waals surface area contributed by atoms with Crippen molar-refractivity contribution in [3.8, 4) is 44.5 Å². The zero-order valence-corrected chi connectivity index (χ0v) is 32.6. The summed E-state index contributed by atoms with van der Waals surface area (Å²) in [5.41, 5.74) is 17.9. The van der Waals surface area contributed by atoms with Gasteiger partial charge in [0.1, 0.15) is 0 Å². The average molecular weight is 737 g/mol. The van der Waals surface area contributed by atoms with Crippen LogP contribution >= 0.6 is 0 Å². The van der Waals surface area contributed by atoms with Gasteiger partial charge in [-0.15, -0.1) is 0 Å². The van der Waals surface area contributed by atoms with Crippen LogP contribution in [-0.2, 0) is 10.8 Å². The van der Waals surface area contributed by atoms with E-state index in [0.717, 1.165) is 0 Å². The molecule has 0 saturated carbocycles. The third-order valence-corrected chi connectivity index (χ3v) is 13.5. The van der Waals surface area contributed by atoms with Crippen molar-refractivity contribution in [2.24, 2.45) is 0 Å². The topological polar surface area (TPSA) is 0 Å². The molecule has 0 heteroatoms. The Labute approximate surface area is 339 Å². The fraction of sp³-hybridized carbons (Fsp3) is 0.0690. The highest BCUT2D eigenvalue weighted by atomic mass is 14.5. The summed E-state index contributed by atoms with van der Waals surface area (Å²) in [5, 5.41) is 7.70. The van der Waals surface area contributed by atoms with Crippen LogP contribution < -0.4 is 0 Å². The summed E-state index contributed by atoms with van der Waals surface area (Å²) in [4.78, 5) is 0. The number of hydrogen-bond acceptors (Lipinski definition) is 0. The van der Waals surface area contributed by atoms with E-state index in [9.17, 15) is 0 Å². The zero-order valence-electron chi connectivity index (χ0n) is 32.6. The van der Waals surface area contributed by atoms with E-state index in [2.05, 4.69) is 220 Å². The van der Waals surface area contributed by atoms with Gasteiger partial charge in [-0.3, -0.25) is 0 Å². The minimum Gasteiger partial charge on any atom is -0.0622 e. The Bertz CT molecular complexity index is 3200. The van der Waals surface area contributed by atoms with Gasteiger partial charge in [-0.25, -0.2) is 0 Å².